The van der Waals surface area contributed by atoms with Crippen LogP contribution >= 0.6 is 0 Å². The van der Waals surface area contributed by atoms with E-state index < -0.39 is 11.9 Å². The van der Waals surface area contributed by atoms with Crippen LogP contribution in [0.5, 0.6) is 23.0 Å². The molecule has 27 heavy (non-hydrogen) atoms. The molecule has 0 N–H and O–H groups in total. The number of rotatable bonds is 8. The number of hydrogen-bond acceptors (Lipinski definition) is 7. The fourth-order valence-corrected chi connectivity index (χ4v) is 2.07. The maximum absolute atomic E-state index is 12.0. The minimum absolute atomic E-state index is 0.246. The average Bonchev–Trinajstić information content (AvgIpc) is 2.71. The summed E-state index contributed by atoms with van der Waals surface area (Å²) >= 11 is 0. The second-order valence-corrected chi connectivity index (χ2v) is 5.21. The van der Waals surface area contributed by atoms with Crippen molar-refractivity contribution in [2.24, 2.45) is 0 Å². The first-order valence-electron chi connectivity index (χ1n) is 7.97. The lowest BCUT2D eigenvalue weighted by Crippen LogP contribution is -2.18. The molecule has 0 spiro atoms. The Labute approximate surface area is 157 Å². The summed E-state index contributed by atoms with van der Waals surface area (Å²) in [6, 6.07) is 11.7. The average molecular weight is 372 g/mol. The van der Waals surface area contributed by atoms with E-state index in [1.807, 2.05) is 0 Å². The maximum atomic E-state index is 12.0. The Morgan fingerprint density at radius 1 is 0.889 bits per heavy atom. The van der Waals surface area contributed by atoms with E-state index in [-0.39, 0.29) is 12.4 Å². The zero-order valence-electron chi connectivity index (χ0n) is 15.3. The van der Waals surface area contributed by atoms with E-state index in [1.165, 1.54) is 20.3 Å². The van der Waals surface area contributed by atoms with Gasteiger partial charge in [0.1, 0.15) is 11.5 Å². The van der Waals surface area contributed by atoms with Crippen LogP contribution in [0.25, 0.3) is 6.08 Å². The van der Waals surface area contributed by atoms with Gasteiger partial charge in [0.05, 0.1) is 21.3 Å². The predicted octanol–water partition coefficient (Wildman–Crippen LogP) is 2.87. The van der Waals surface area contributed by atoms with Crippen LogP contribution in [0.2, 0.25) is 0 Å². The van der Waals surface area contributed by atoms with Gasteiger partial charge in [-0.25, -0.2) is 9.59 Å². The van der Waals surface area contributed by atoms with Crippen molar-refractivity contribution in [3.05, 3.63) is 54.1 Å². The summed E-state index contributed by atoms with van der Waals surface area (Å²) in [7, 11) is 4.31. The molecule has 0 aliphatic rings. The van der Waals surface area contributed by atoms with Crippen molar-refractivity contribution >= 4 is 18.0 Å². The normalized spacial score (nSPS) is 10.3. The molecule has 0 saturated heterocycles. The van der Waals surface area contributed by atoms with Crippen LogP contribution in [0.15, 0.2) is 48.5 Å². The van der Waals surface area contributed by atoms with Gasteiger partial charge in [-0.05, 0) is 48.0 Å². The van der Waals surface area contributed by atoms with Gasteiger partial charge >= 0.3 is 11.9 Å². The molecule has 0 heterocycles. The molecule has 7 heteroatoms. The number of carbonyl (C=O) groups is 2. The van der Waals surface area contributed by atoms with Crippen molar-refractivity contribution < 1.29 is 33.3 Å². The monoisotopic (exact) mass is 372 g/mol. The van der Waals surface area contributed by atoms with Crippen molar-refractivity contribution in [2.75, 3.05) is 27.9 Å². The Balaban J connectivity index is 1.97. The highest BCUT2D eigenvalue weighted by Gasteiger charge is 2.11. The third kappa shape index (κ3) is 6.07. The van der Waals surface area contributed by atoms with Gasteiger partial charge < -0.3 is 23.7 Å². The predicted molar refractivity (Wildman–Crippen MR) is 98.2 cm³/mol. The fourth-order valence-electron chi connectivity index (χ4n) is 2.07. The Kier molecular flexibility index (Phi) is 7.25. The van der Waals surface area contributed by atoms with Gasteiger partial charge in [-0.2, -0.15) is 0 Å². The molecule has 0 aromatic heterocycles. The van der Waals surface area contributed by atoms with E-state index in [1.54, 1.807) is 55.7 Å². The number of carbonyl (C=O) groups excluding carboxylic acids is 2. The minimum Gasteiger partial charge on any atom is -0.497 e. The number of esters is 2. The molecule has 0 unspecified atom stereocenters. The standard InChI is InChI=1S/C20H20O7/c1-23-15-6-8-16(9-7-15)26-13-20(22)27-17-10-4-14(12-18(17)24-2)5-11-19(21)25-3/h4-12H,13H2,1-3H3/b11-5+. The molecule has 7 nitrogen and oxygen atoms in total. The number of methoxy groups -OCH3 is 3. The Morgan fingerprint density at radius 3 is 2.22 bits per heavy atom. The van der Waals surface area contributed by atoms with Gasteiger partial charge in [-0.15, -0.1) is 0 Å². The molecule has 142 valence electrons. The summed E-state index contributed by atoms with van der Waals surface area (Å²) in [5, 5.41) is 0. The fraction of sp³-hybridized carbons (Fsp3) is 0.200. The van der Waals surface area contributed by atoms with Gasteiger partial charge in [0.2, 0.25) is 0 Å². The van der Waals surface area contributed by atoms with Crippen molar-refractivity contribution in [1.29, 1.82) is 0 Å². The van der Waals surface area contributed by atoms with Gasteiger partial charge in [0.15, 0.2) is 18.1 Å². The molecular weight excluding hydrogens is 352 g/mol. The van der Waals surface area contributed by atoms with Gasteiger partial charge in [0, 0.05) is 6.08 Å². The van der Waals surface area contributed by atoms with E-state index in [2.05, 4.69) is 4.74 Å². The molecule has 0 atom stereocenters. The summed E-state index contributed by atoms with van der Waals surface area (Å²) in [5.74, 6) is 0.747. The summed E-state index contributed by atoms with van der Waals surface area (Å²) in [6.07, 6.45) is 2.84. The van der Waals surface area contributed by atoms with Crippen LogP contribution in [0, 0.1) is 0 Å². The van der Waals surface area contributed by atoms with Crippen LogP contribution in [0.1, 0.15) is 5.56 Å². The van der Waals surface area contributed by atoms with Crippen molar-refractivity contribution in [1.82, 2.24) is 0 Å². The smallest absolute Gasteiger partial charge is 0.349 e. The Bertz CT molecular complexity index is 810. The Morgan fingerprint density at radius 2 is 1.59 bits per heavy atom. The van der Waals surface area contributed by atoms with E-state index >= 15 is 0 Å². The third-order valence-electron chi connectivity index (χ3n) is 3.44. The zero-order valence-corrected chi connectivity index (χ0v) is 15.3. The first-order valence-corrected chi connectivity index (χ1v) is 7.97. The molecule has 0 aliphatic carbocycles. The first-order chi connectivity index (χ1) is 13.0. The van der Waals surface area contributed by atoms with E-state index in [0.717, 1.165) is 0 Å². The van der Waals surface area contributed by atoms with E-state index in [9.17, 15) is 9.59 Å². The van der Waals surface area contributed by atoms with Gasteiger partial charge in [0.25, 0.3) is 0 Å². The van der Waals surface area contributed by atoms with Crippen molar-refractivity contribution in [3.63, 3.8) is 0 Å². The minimum atomic E-state index is -0.582. The maximum Gasteiger partial charge on any atom is 0.349 e. The van der Waals surface area contributed by atoms with Crippen LogP contribution in [0.4, 0.5) is 0 Å². The summed E-state index contributed by atoms with van der Waals surface area (Å²) in [6.45, 7) is -0.264. The molecule has 2 aromatic carbocycles. The Hall–Kier alpha value is -3.48. The molecule has 0 aliphatic heterocycles. The van der Waals surface area contributed by atoms with Gasteiger partial charge in [-0.1, -0.05) is 6.07 Å². The van der Waals surface area contributed by atoms with Crippen LogP contribution in [-0.4, -0.2) is 39.9 Å². The van der Waals surface area contributed by atoms with Crippen LogP contribution in [-0.2, 0) is 14.3 Å². The third-order valence-corrected chi connectivity index (χ3v) is 3.44. The molecule has 2 aromatic rings. The largest absolute Gasteiger partial charge is 0.497 e. The number of ether oxygens (including phenoxy) is 5. The number of hydrogen-bond donors (Lipinski definition) is 0. The molecule has 0 saturated carbocycles. The topological polar surface area (TPSA) is 80.3 Å². The lowest BCUT2D eigenvalue weighted by atomic mass is 10.2. The summed E-state index contributed by atoms with van der Waals surface area (Å²) in [4.78, 5) is 23.2. The van der Waals surface area contributed by atoms with Crippen molar-refractivity contribution in [2.45, 2.75) is 0 Å². The lowest BCUT2D eigenvalue weighted by Gasteiger charge is -2.11. The molecule has 2 rings (SSSR count). The summed E-state index contributed by atoms with van der Waals surface area (Å²) < 4.78 is 25.5. The second kappa shape index (κ2) is 9.86. The van der Waals surface area contributed by atoms with Crippen molar-refractivity contribution in [3.8, 4) is 23.0 Å². The van der Waals surface area contributed by atoms with E-state index in [4.69, 9.17) is 18.9 Å². The number of benzene rings is 2. The van der Waals surface area contributed by atoms with Gasteiger partial charge in [-0.3, -0.25) is 0 Å². The highest BCUT2D eigenvalue weighted by molar-refractivity contribution is 5.87. The molecule has 0 fully saturated rings. The summed E-state index contributed by atoms with van der Waals surface area (Å²) in [5.41, 5.74) is 0.687. The first kappa shape index (κ1) is 19.8. The van der Waals surface area contributed by atoms with Crippen LogP contribution < -0.4 is 18.9 Å². The van der Waals surface area contributed by atoms with E-state index in [0.29, 0.717) is 22.8 Å². The molecular formula is C20H20O7. The lowest BCUT2D eigenvalue weighted by molar-refractivity contribution is -0.137. The van der Waals surface area contributed by atoms with Crippen LogP contribution in [0.3, 0.4) is 0 Å². The molecule has 0 amide bonds. The molecule has 0 radical (unpaired) electrons. The highest BCUT2D eigenvalue weighted by atomic mass is 16.6. The molecule has 0 bridgehead atoms. The second-order valence-electron chi connectivity index (χ2n) is 5.21. The highest BCUT2D eigenvalue weighted by Crippen LogP contribution is 2.29. The zero-order chi connectivity index (χ0) is 19.6. The quantitative estimate of drug-likeness (QED) is 0.400. The SMILES string of the molecule is COC(=O)/C=C/c1ccc(OC(=O)COc2ccc(OC)cc2)c(OC)c1.